The minimum absolute atomic E-state index is 0.0613. The lowest BCUT2D eigenvalue weighted by Gasteiger charge is -2.34. The number of anilines is 1. The summed E-state index contributed by atoms with van der Waals surface area (Å²) < 4.78 is 33.7. The number of ether oxygens (including phenoxy) is 1. The molecule has 0 saturated carbocycles. The molecule has 2 unspecified atom stereocenters. The highest BCUT2D eigenvalue weighted by molar-refractivity contribution is 7.89. The number of sulfonamides is 1. The third-order valence-electron chi connectivity index (χ3n) is 5.97. The van der Waals surface area contributed by atoms with E-state index in [1.54, 1.807) is 0 Å². The third-order valence-corrected chi connectivity index (χ3v) is 9.04. The lowest BCUT2D eigenvalue weighted by molar-refractivity contribution is -0.0440. The Morgan fingerprint density at radius 3 is 2.53 bits per heavy atom. The molecule has 4 aromatic rings. The fraction of sp³-hybridized carbons (Fsp3) is 0.231. The smallest absolute Gasteiger partial charge is 0.257 e. The molecule has 1 amide bonds. The van der Waals surface area contributed by atoms with E-state index in [9.17, 15) is 13.2 Å². The maximum Gasteiger partial charge on any atom is 0.257 e. The van der Waals surface area contributed by atoms with Crippen LogP contribution in [0.5, 0.6) is 0 Å². The van der Waals surface area contributed by atoms with Crippen LogP contribution in [0.3, 0.4) is 0 Å². The summed E-state index contributed by atoms with van der Waals surface area (Å²) in [5.74, 6) is -0.466. The molecule has 0 radical (unpaired) electrons. The number of fused-ring (bicyclic) bond motifs is 1. The number of morpholine rings is 1. The highest BCUT2D eigenvalue weighted by Gasteiger charge is 2.34. The number of hydrogen-bond acceptors (Lipinski definition) is 6. The number of carbonyl (C=O) groups excluding carboxylic acids is 1. The topological polar surface area (TPSA) is 88.6 Å². The normalized spacial score (nSPS) is 18.9. The Hall–Kier alpha value is -2.82. The molecule has 0 spiro atoms. The number of amides is 1. The molecule has 7 nitrogen and oxygen atoms in total. The summed E-state index contributed by atoms with van der Waals surface area (Å²) in [6, 6.07) is 18.4. The van der Waals surface area contributed by atoms with E-state index in [2.05, 4.69) is 16.4 Å². The van der Waals surface area contributed by atoms with Gasteiger partial charge >= 0.3 is 0 Å². The average molecular weight is 542 g/mol. The van der Waals surface area contributed by atoms with E-state index in [0.717, 1.165) is 22.0 Å². The molecular formula is C26H24ClN3O4S2. The molecular weight excluding hydrogens is 518 g/mol. The van der Waals surface area contributed by atoms with Crippen molar-refractivity contribution in [2.45, 2.75) is 31.0 Å². The molecule has 0 bridgehead atoms. The maximum atomic E-state index is 13.3. The summed E-state index contributed by atoms with van der Waals surface area (Å²) in [5, 5.41) is 7.37. The first kappa shape index (κ1) is 24.9. The number of benzene rings is 3. The van der Waals surface area contributed by atoms with Crippen LogP contribution in [0.2, 0.25) is 5.02 Å². The van der Waals surface area contributed by atoms with Crippen LogP contribution in [0.25, 0.3) is 22.0 Å². The van der Waals surface area contributed by atoms with Gasteiger partial charge in [0.05, 0.1) is 22.9 Å². The quantitative estimate of drug-likeness (QED) is 0.352. The van der Waals surface area contributed by atoms with Gasteiger partial charge in [-0.05, 0) is 48.9 Å². The second-order valence-corrected chi connectivity index (χ2v) is 12.0. The van der Waals surface area contributed by atoms with Gasteiger partial charge in [-0.25, -0.2) is 13.4 Å². The molecule has 3 aromatic carbocycles. The zero-order chi connectivity index (χ0) is 25.4. The molecule has 2 atom stereocenters. The van der Waals surface area contributed by atoms with E-state index in [1.165, 1.54) is 33.8 Å². The highest BCUT2D eigenvalue weighted by atomic mass is 35.5. The second-order valence-electron chi connectivity index (χ2n) is 8.78. The summed E-state index contributed by atoms with van der Waals surface area (Å²) in [6.07, 6.45) is -0.481. The summed E-state index contributed by atoms with van der Waals surface area (Å²) >= 11 is 7.57. The number of halogens is 1. The van der Waals surface area contributed by atoms with Crippen LogP contribution in [0.4, 0.5) is 5.13 Å². The molecule has 1 aromatic heterocycles. The predicted octanol–water partition coefficient (Wildman–Crippen LogP) is 5.67. The fourth-order valence-corrected chi connectivity index (χ4v) is 7.10. The molecule has 36 heavy (non-hydrogen) atoms. The van der Waals surface area contributed by atoms with Crippen LogP contribution in [-0.2, 0) is 14.8 Å². The van der Waals surface area contributed by atoms with Gasteiger partial charge in [0.2, 0.25) is 10.0 Å². The summed E-state index contributed by atoms with van der Waals surface area (Å²) in [7, 11) is -3.91. The molecule has 1 saturated heterocycles. The van der Waals surface area contributed by atoms with Crippen molar-refractivity contribution in [2.24, 2.45) is 0 Å². The number of carbonyl (C=O) groups is 1. The first-order chi connectivity index (χ1) is 17.2. The van der Waals surface area contributed by atoms with Gasteiger partial charge < -0.3 is 4.74 Å². The van der Waals surface area contributed by atoms with Crippen molar-refractivity contribution in [3.05, 3.63) is 76.6 Å². The maximum absolute atomic E-state index is 13.3. The molecule has 1 N–H and O–H groups in total. The number of aromatic nitrogens is 1. The SMILES string of the molecule is CC1CN(S(=O)(=O)c2cc(C(=O)Nc3nc(-c4ccc5ccccc5c4)cs3)ccc2Cl)CC(C)O1. The third kappa shape index (κ3) is 5.02. The molecule has 5 rings (SSSR count). The van der Waals surface area contributed by atoms with Crippen molar-refractivity contribution < 1.29 is 17.9 Å². The Morgan fingerprint density at radius 2 is 1.78 bits per heavy atom. The highest BCUT2D eigenvalue weighted by Crippen LogP contribution is 2.30. The lowest BCUT2D eigenvalue weighted by Crippen LogP contribution is -2.48. The summed E-state index contributed by atoms with van der Waals surface area (Å²) in [5.41, 5.74) is 1.87. The first-order valence-electron chi connectivity index (χ1n) is 11.4. The van der Waals surface area contributed by atoms with Gasteiger partial charge in [0.25, 0.3) is 5.91 Å². The molecule has 1 aliphatic rings. The van der Waals surface area contributed by atoms with Crippen LogP contribution in [-0.4, -0.2) is 48.9 Å². The Kier molecular flexibility index (Phi) is 6.84. The molecule has 10 heteroatoms. The molecule has 1 fully saturated rings. The van der Waals surface area contributed by atoms with Crippen molar-refractivity contribution in [1.29, 1.82) is 0 Å². The lowest BCUT2D eigenvalue weighted by atomic mass is 10.1. The van der Waals surface area contributed by atoms with Gasteiger partial charge in [-0.2, -0.15) is 4.31 Å². The molecule has 1 aliphatic heterocycles. The minimum atomic E-state index is -3.91. The predicted molar refractivity (Wildman–Crippen MR) is 143 cm³/mol. The van der Waals surface area contributed by atoms with Crippen LogP contribution >= 0.6 is 22.9 Å². The van der Waals surface area contributed by atoms with Gasteiger partial charge in [0, 0.05) is 29.6 Å². The monoisotopic (exact) mass is 541 g/mol. The van der Waals surface area contributed by atoms with Crippen LogP contribution in [0.15, 0.2) is 70.9 Å². The van der Waals surface area contributed by atoms with Gasteiger partial charge in [-0.15, -0.1) is 11.3 Å². The number of thiazole rings is 1. The van der Waals surface area contributed by atoms with E-state index in [-0.39, 0.29) is 40.8 Å². The van der Waals surface area contributed by atoms with E-state index in [4.69, 9.17) is 16.3 Å². The Morgan fingerprint density at radius 1 is 1.06 bits per heavy atom. The zero-order valence-electron chi connectivity index (χ0n) is 19.6. The average Bonchev–Trinajstić information content (AvgIpc) is 3.31. The number of nitrogens with one attached hydrogen (secondary N) is 1. The van der Waals surface area contributed by atoms with E-state index < -0.39 is 15.9 Å². The van der Waals surface area contributed by atoms with Gasteiger partial charge in [-0.3, -0.25) is 10.1 Å². The van der Waals surface area contributed by atoms with Gasteiger partial charge in [-0.1, -0.05) is 48.0 Å². The van der Waals surface area contributed by atoms with Crippen LogP contribution in [0, 0.1) is 0 Å². The standard InChI is InChI=1S/C26H24ClN3O4S2/c1-16-13-30(14-17(2)34-16)36(32,33)24-12-21(9-10-22(24)27)25(31)29-26-28-23(15-35-26)20-8-7-18-5-3-4-6-19(18)11-20/h3-12,15-17H,13-14H2,1-2H3,(H,28,29,31). The van der Waals surface area contributed by atoms with E-state index in [0.29, 0.717) is 5.13 Å². The zero-order valence-corrected chi connectivity index (χ0v) is 22.0. The Balaban J connectivity index is 1.36. The van der Waals surface area contributed by atoms with E-state index >= 15 is 0 Å². The molecule has 0 aliphatic carbocycles. The Labute approximate surface area is 218 Å². The largest absolute Gasteiger partial charge is 0.373 e. The molecule has 186 valence electrons. The molecule has 2 heterocycles. The van der Waals surface area contributed by atoms with Gasteiger partial charge in [0.1, 0.15) is 4.90 Å². The van der Waals surface area contributed by atoms with Crippen LogP contribution in [0.1, 0.15) is 24.2 Å². The van der Waals surface area contributed by atoms with Crippen molar-refractivity contribution in [3.63, 3.8) is 0 Å². The Bertz CT molecular complexity index is 1540. The number of hydrogen-bond donors (Lipinski definition) is 1. The van der Waals surface area contributed by atoms with Crippen molar-refractivity contribution in [2.75, 3.05) is 18.4 Å². The minimum Gasteiger partial charge on any atom is -0.373 e. The number of nitrogens with zero attached hydrogens (tertiary/aromatic N) is 2. The van der Waals surface area contributed by atoms with E-state index in [1.807, 2.05) is 55.6 Å². The van der Waals surface area contributed by atoms with Crippen molar-refractivity contribution in [1.82, 2.24) is 9.29 Å². The first-order valence-corrected chi connectivity index (χ1v) is 14.1. The van der Waals surface area contributed by atoms with Gasteiger partial charge in [0.15, 0.2) is 5.13 Å². The van der Waals surface area contributed by atoms with Crippen molar-refractivity contribution in [3.8, 4) is 11.3 Å². The summed E-state index contributed by atoms with van der Waals surface area (Å²) in [6.45, 7) is 4.08. The van der Waals surface area contributed by atoms with Crippen molar-refractivity contribution >= 4 is 54.8 Å². The summed E-state index contributed by atoms with van der Waals surface area (Å²) in [4.78, 5) is 17.4. The fourth-order valence-electron chi connectivity index (χ4n) is 4.29. The second kappa shape index (κ2) is 9.91. The number of rotatable bonds is 5. The van der Waals surface area contributed by atoms with Crippen LogP contribution < -0.4 is 5.32 Å².